The van der Waals surface area contributed by atoms with Gasteiger partial charge in [-0.05, 0) is 0 Å². The fourth-order valence-corrected chi connectivity index (χ4v) is 0.600. The van der Waals surface area contributed by atoms with Gasteiger partial charge in [-0.3, -0.25) is 9.59 Å². The molecule has 11 heavy (non-hydrogen) atoms. The molecule has 1 aliphatic rings. The normalized spacial score (nSPS) is 26.9. The van der Waals surface area contributed by atoms with Crippen molar-refractivity contribution in [3.8, 4) is 0 Å². The lowest BCUT2D eigenvalue weighted by Crippen LogP contribution is -2.30. The molecule has 0 aromatic heterocycles. The van der Waals surface area contributed by atoms with Crippen LogP contribution in [0.3, 0.4) is 0 Å². The zero-order chi connectivity index (χ0) is 8.32. The summed E-state index contributed by atoms with van der Waals surface area (Å²) in [4.78, 5) is 20.6. The lowest BCUT2D eigenvalue weighted by Gasteiger charge is -2.14. The summed E-state index contributed by atoms with van der Waals surface area (Å²) >= 11 is 0. The van der Waals surface area contributed by atoms with Gasteiger partial charge >= 0.3 is 0 Å². The van der Waals surface area contributed by atoms with E-state index in [2.05, 4.69) is 22.8 Å². The van der Waals surface area contributed by atoms with Crippen molar-refractivity contribution in [2.75, 3.05) is 0 Å². The molecule has 1 atom stereocenters. The number of hydrogen-bond acceptors (Lipinski definition) is 5. The molecule has 1 rings (SSSR count). The summed E-state index contributed by atoms with van der Waals surface area (Å²) < 4.78 is 4.37. The molecule has 2 radical (unpaired) electrons. The van der Waals surface area contributed by atoms with E-state index in [0.717, 1.165) is 0 Å². The van der Waals surface area contributed by atoms with Crippen molar-refractivity contribution in [1.82, 2.24) is 0 Å². The summed E-state index contributed by atoms with van der Waals surface area (Å²) in [5.74, 6) is -1.07. The highest BCUT2D eigenvalue weighted by Gasteiger charge is 2.31. The predicted molar refractivity (Wildman–Crippen MR) is 35.0 cm³/mol. The van der Waals surface area contributed by atoms with Crippen molar-refractivity contribution in [2.24, 2.45) is 10.2 Å². The Labute approximate surface area is 63.5 Å². The average molecular weight is 150 g/mol. The van der Waals surface area contributed by atoms with Crippen LogP contribution in [0.25, 0.3) is 0 Å². The van der Waals surface area contributed by atoms with Crippen LogP contribution >= 0.6 is 0 Å². The van der Waals surface area contributed by atoms with Gasteiger partial charge in [0.1, 0.15) is 0 Å². The first kappa shape index (κ1) is 7.65. The second-order valence-electron chi connectivity index (χ2n) is 1.82. The molecular weight excluding hydrogens is 147 g/mol. The standard InChI is InChI=1S/C5H3BN2O3/c6-4(10)11-5(3-9)1-2-7-8-5/h1-3H. The number of aldehydes is 1. The highest BCUT2D eigenvalue weighted by molar-refractivity contribution is 6.55. The van der Waals surface area contributed by atoms with Crippen LogP contribution in [0.1, 0.15) is 0 Å². The monoisotopic (exact) mass is 150 g/mol. The van der Waals surface area contributed by atoms with E-state index in [1.165, 1.54) is 12.3 Å². The van der Waals surface area contributed by atoms with Gasteiger partial charge in [-0.15, -0.1) is 5.11 Å². The molecule has 0 saturated carbocycles. The Balaban J connectivity index is 2.77. The minimum atomic E-state index is -1.62. The lowest BCUT2D eigenvalue weighted by molar-refractivity contribution is -0.119. The Bertz CT molecular complexity index is 236. The van der Waals surface area contributed by atoms with Crippen molar-refractivity contribution in [2.45, 2.75) is 5.72 Å². The van der Waals surface area contributed by atoms with Crippen LogP contribution in [0.2, 0.25) is 0 Å². The molecule has 5 nitrogen and oxygen atoms in total. The third kappa shape index (κ3) is 1.51. The second kappa shape index (κ2) is 2.65. The van der Waals surface area contributed by atoms with Crippen LogP contribution in [0, 0.1) is 0 Å². The first-order valence-corrected chi connectivity index (χ1v) is 2.73. The van der Waals surface area contributed by atoms with Crippen LogP contribution in [0.15, 0.2) is 22.5 Å². The van der Waals surface area contributed by atoms with Crippen LogP contribution in [0.5, 0.6) is 0 Å². The van der Waals surface area contributed by atoms with Crippen molar-refractivity contribution in [3.05, 3.63) is 12.3 Å². The van der Waals surface area contributed by atoms with Gasteiger partial charge < -0.3 is 4.74 Å². The lowest BCUT2D eigenvalue weighted by atomic mass is 10.1. The molecule has 0 bridgehead atoms. The van der Waals surface area contributed by atoms with Gasteiger partial charge in [0.05, 0.1) is 6.20 Å². The molecule has 0 aromatic carbocycles. The highest BCUT2D eigenvalue weighted by Crippen LogP contribution is 2.18. The number of carbonyl (C=O) groups excluding carboxylic acids is 2. The van der Waals surface area contributed by atoms with Gasteiger partial charge in [0.15, 0.2) is 6.29 Å². The number of nitrogens with zero attached hydrogens (tertiary/aromatic N) is 2. The van der Waals surface area contributed by atoms with Crippen molar-refractivity contribution >= 4 is 20.0 Å². The van der Waals surface area contributed by atoms with E-state index in [1.807, 2.05) is 0 Å². The third-order valence-electron chi connectivity index (χ3n) is 1.03. The number of ether oxygens (including phenoxy) is 1. The van der Waals surface area contributed by atoms with Crippen LogP contribution < -0.4 is 0 Å². The van der Waals surface area contributed by atoms with Crippen molar-refractivity contribution in [3.63, 3.8) is 0 Å². The van der Waals surface area contributed by atoms with Crippen molar-refractivity contribution < 1.29 is 14.3 Å². The van der Waals surface area contributed by atoms with E-state index in [9.17, 15) is 9.59 Å². The predicted octanol–water partition coefficient (Wildman–Crippen LogP) is 0.166. The number of azo groups is 1. The molecule has 0 aliphatic carbocycles. The molecular formula is C5H3BN2O3. The summed E-state index contributed by atoms with van der Waals surface area (Å²) in [5, 5.41) is 6.69. The highest BCUT2D eigenvalue weighted by atomic mass is 16.6. The Kier molecular flexibility index (Phi) is 1.84. The molecule has 0 fully saturated rings. The SMILES string of the molecule is [B]C(=O)OC1(C=O)C=CN=N1. The molecule has 0 aromatic rings. The summed E-state index contributed by atoms with van der Waals surface area (Å²) in [6, 6.07) is 0. The topological polar surface area (TPSA) is 68.1 Å². The molecule has 54 valence electrons. The van der Waals surface area contributed by atoms with Gasteiger partial charge in [0, 0.05) is 6.08 Å². The number of carbonyl (C=O) groups is 2. The molecule has 1 heterocycles. The van der Waals surface area contributed by atoms with Gasteiger partial charge in [0.2, 0.25) is 13.7 Å². The third-order valence-corrected chi connectivity index (χ3v) is 1.03. The van der Waals surface area contributed by atoms with Gasteiger partial charge in [-0.25, -0.2) is 0 Å². The molecule has 0 spiro atoms. The summed E-state index contributed by atoms with van der Waals surface area (Å²) in [7, 11) is 4.68. The fourth-order valence-electron chi connectivity index (χ4n) is 0.600. The molecule has 0 saturated heterocycles. The molecule has 1 unspecified atom stereocenters. The molecule has 0 N–H and O–H groups in total. The summed E-state index contributed by atoms with van der Waals surface area (Å²) in [5.41, 5.74) is -1.62. The Morgan fingerprint density at radius 2 is 2.45 bits per heavy atom. The maximum atomic E-state index is 10.3. The van der Waals surface area contributed by atoms with E-state index in [1.54, 1.807) is 0 Å². The summed E-state index contributed by atoms with van der Waals surface area (Å²) in [6.07, 6.45) is 2.81. The molecule has 0 amide bonds. The van der Waals surface area contributed by atoms with Gasteiger partial charge in [-0.1, -0.05) is 0 Å². The van der Waals surface area contributed by atoms with Crippen LogP contribution in [0.4, 0.5) is 4.79 Å². The first-order chi connectivity index (χ1) is 5.18. The van der Waals surface area contributed by atoms with E-state index < -0.39 is 11.6 Å². The van der Waals surface area contributed by atoms with E-state index in [0.29, 0.717) is 6.29 Å². The maximum absolute atomic E-state index is 10.3. The largest absolute Gasteiger partial charge is 0.433 e. The van der Waals surface area contributed by atoms with E-state index in [-0.39, 0.29) is 0 Å². The Morgan fingerprint density at radius 3 is 2.82 bits per heavy atom. The van der Waals surface area contributed by atoms with Crippen molar-refractivity contribution in [1.29, 1.82) is 0 Å². The van der Waals surface area contributed by atoms with Gasteiger partial charge in [-0.2, -0.15) is 5.11 Å². The number of hydrogen-bond donors (Lipinski definition) is 0. The average Bonchev–Trinajstić information content (AvgIpc) is 2.36. The van der Waals surface area contributed by atoms with Crippen LogP contribution in [-0.2, 0) is 9.53 Å². The fraction of sp³-hybridized carbons (Fsp3) is 0.200. The zero-order valence-corrected chi connectivity index (χ0v) is 5.43. The van der Waals surface area contributed by atoms with E-state index in [4.69, 9.17) is 0 Å². The minimum absolute atomic E-state index is 0.338. The maximum Gasteiger partial charge on any atom is 0.297 e. The first-order valence-electron chi connectivity index (χ1n) is 2.73. The molecule has 1 aliphatic heterocycles. The van der Waals surface area contributed by atoms with Crippen LogP contribution in [-0.4, -0.2) is 25.7 Å². The quantitative estimate of drug-likeness (QED) is 0.416. The summed E-state index contributed by atoms with van der Waals surface area (Å²) in [6.45, 7) is 0. The smallest absolute Gasteiger partial charge is 0.297 e. The van der Waals surface area contributed by atoms with E-state index >= 15 is 0 Å². The minimum Gasteiger partial charge on any atom is -0.433 e. The number of rotatable bonds is 2. The molecule has 6 heteroatoms. The zero-order valence-electron chi connectivity index (χ0n) is 5.43. The Morgan fingerprint density at radius 1 is 1.73 bits per heavy atom. The Hall–Kier alpha value is -1.46. The van der Waals surface area contributed by atoms with Gasteiger partial charge in [0.25, 0.3) is 5.72 Å². The second-order valence-corrected chi connectivity index (χ2v) is 1.82.